The van der Waals surface area contributed by atoms with Crippen LogP contribution in [0.25, 0.3) is 11.5 Å². The molecular formula is C17H24N4O3S. The number of nitrogens with zero attached hydrogens (tertiary/aromatic N) is 2. The molecule has 3 N–H and O–H groups in total. The first kappa shape index (κ1) is 18.0. The molecule has 1 aromatic carbocycles. The van der Waals surface area contributed by atoms with Gasteiger partial charge >= 0.3 is 0 Å². The van der Waals surface area contributed by atoms with Crippen molar-refractivity contribution in [2.45, 2.75) is 62.4 Å². The third-order valence-electron chi connectivity index (χ3n) is 4.75. The van der Waals surface area contributed by atoms with Crippen molar-refractivity contribution >= 4 is 10.0 Å². The van der Waals surface area contributed by atoms with Gasteiger partial charge in [0, 0.05) is 11.6 Å². The maximum absolute atomic E-state index is 12.3. The molecule has 1 saturated carbocycles. The van der Waals surface area contributed by atoms with Gasteiger partial charge in [0.1, 0.15) is 0 Å². The second kappa shape index (κ2) is 6.86. The molecule has 0 aliphatic heterocycles. The van der Waals surface area contributed by atoms with Crippen molar-refractivity contribution in [3.63, 3.8) is 0 Å². The summed E-state index contributed by atoms with van der Waals surface area (Å²) in [6.07, 6.45) is 4.56. The molecule has 2 aromatic rings. The Bertz CT molecular complexity index is 824. The fourth-order valence-electron chi connectivity index (χ4n) is 2.97. The van der Waals surface area contributed by atoms with Gasteiger partial charge in [-0.3, -0.25) is 0 Å². The predicted octanol–water partition coefficient (Wildman–Crippen LogP) is 2.54. The molecule has 1 aromatic heterocycles. The summed E-state index contributed by atoms with van der Waals surface area (Å²) in [6, 6.07) is 6.30. The summed E-state index contributed by atoms with van der Waals surface area (Å²) in [5, 5.41) is 4.03. The highest BCUT2D eigenvalue weighted by atomic mass is 32.2. The molecule has 1 aliphatic carbocycles. The average molecular weight is 364 g/mol. The normalized spacial score (nSPS) is 18.4. The minimum absolute atomic E-state index is 0.115. The van der Waals surface area contributed by atoms with Crippen molar-refractivity contribution in [3.8, 4) is 11.5 Å². The molecule has 1 fully saturated rings. The van der Waals surface area contributed by atoms with Crippen LogP contribution in [0, 0.1) is 0 Å². The van der Waals surface area contributed by atoms with E-state index in [1.807, 2.05) is 13.8 Å². The lowest BCUT2D eigenvalue weighted by atomic mass is 9.99. The van der Waals surface area contributed by atoms with Gasteiger partial charge in [0.05, 0.1) is 10.4 Å². The fourth-order valence-corrected chi connectivity index (χ4v) is 4.29. The van der Waals surface area contributed by atoms with E-state index in [-0.39, 0.29) is 10.9 Å². The number of nitrogens with two attached hydrogens (primary N) is 1. The largest absolute Gasteiger partial charge is 0.334 e. The van der Waals surface area contributed by atoms with Crippen molar-refractivity contribution in [1.82, 2.24) is 14.9 Å². The summed E-state index contributed by atoms with van der Waals surface area (Å²) >= 11 is 0. The molecule has 0 bridgehead atoms. The lowest BCUT2D eigenvalue weighted by Gasteiger charge is -2.17. The Morgan fingerprint density at radius 1 is 1.28 bits per heavy atom. The minimum atomic E-state index is -3.52. The van der Waals surface area contributed by atoms with Crippen molar-refractivity contribution in [2.75, 3.05) is 0 Å². The number of rotatable bonds is 6. The maximum atomic E-state index is 12.3. The molecule has 1 heterocycles. The Labute approximate surface area is 148 Å². The van der Waals surface area contributed by atoms with E-state index in [0.717, 1.165) is 32.1 Å². The van der Waals surface area contributed by atoms with Crippen LogP contribution in [-0.2, 0) is 15.6 Å². The molecule has 0 amide bonds. The standard InChI is InChI=1S/C17H24N4O3S/c1-3-12(2)21-25(22,23)14-8-6-13(7-9-14)15-19-16(20-24-15)17(18)10-4-5-11-17/h6-9,12,21H,3-5,10-11,18H2,1-2H3. The zero-order valence-electron chi connectivity index (χ0n) is 14.5. The molecular weight excluding hydrogens is 340 g/mol. The first-order valence-corrected chi connectivity index (χ1v) is 10.1. The first-order valence-electron chi connectivity index (χ1n) is 8.60. The topological polar surface area (TPSA) is 111 Å². The third-order valence-corrected chi connectivity index (χ3v) is 6.35. The molecule has 1 atom stereocenters. The molecule has 0 spiro atoms. The van der Waals surface area contributed by atoms with Crippen LogP contribution in [0.2, 0.25) is 0 Å². The Morgan fingerprint density at radius 3 is 2.52 bits per heavy atom. The summed E-state index contributed by atoms with van der Waals surface area (Å²) in [5.74, 6) is 0.876. The maximum Gasteiger partial charge on any atom is 0.257 e. The van der Waals surface area contributed by atoms with E-state index in [9.17, 15) is 8.42 Å². The number of nitrogens with one attached hydrogen (secondary N) is 1. The van der Waals surface area contributed by atoms with Crippen LogP contribution in [0.15, 0.2) is 33.7 Å². The van der Waals surface area contributed by atoms with Crippen LogP contribution in [0.5, 0.6) is 0 Å². The summed E-state index contributed by atoms with van der Waals surface area (Å²) in [4.78, 5) is 4.63. The second-order valence-corrected chi connectivity index (χ2v) is 8.46. The van der Waals surface area contributed by atoms with Gasteiger partial charge in [0.25, 0.3) is 5.89 Å². The van der Waals surface area contributed by atoms with Gasteiger partial charge in [-0.25, -0.2) is 13.1 Å². The van der Waals surface area contributed by atoms with Gasteiger partial charge in [-0.2, -0.15) is 4.98 Å². The quantitative estimate of drug-likeness (QED) is 0.815. The van der Waals surface area contributed by atoms with E-state index < -0.39 is 15.6 Å². The Hall–Kier alpha value is -1.77. The minimum Gasteiger partial charge on any atom is -0.334 e. The van der Waals surface area contributed by atoms with E-state index in [2.05, 4.69) is 14.9 Å². The monoisotopic (exact) mass is 364 g/mol. The van der Waals surface area contributed by atoms with Crippen LogP contribution in [0.1, 0.15) is 51.8 Å². The SMILES string of the molecule is CCC(C)NS(=O)(=O)c1ccc(-c2nc(C3(N)CCCC3)no2)cc1. The van der Waals surface area contributed by atoms with E-state index in [0.29, 0.717) is 17.3 Å². The zero-order valence-corrected chi connectivity index (χ0v) is 15.3. The van der Waals surface area contributed by atoms with Gasteiger partial charge in [-0.1, -0.05) is 24.9 Å². The number of benzene rings is 1. The molecule has 136 valence electrons. The highest BCUT2D eigenvalue weighted by Gasteiger charge is 2.36. The van der Waals surface area contributed by atoms with Gasteiger partial charge in [0.15, 0.2) is 5.82 Å². The van der Waals surface area contributed by atoms with E-state index in [1.54, 1.807) is 12.1 Å². The smallest absolute Gasteiger partial charge is 0.257 e. The number of hydrogen-bond donors (Lipinski definition) is 2. The van der Waals surface area contributed by atoms with E-state index in [1.165, 1.54) is 12.1 Å². The summed E-state index contributed by atoms with van der Waals surface area (Å²) < 4.78 is 32.5. The van der Waals surface area contributed by atoms with Crippen LogP contribution in [0.3, 0.4) is 0 Å². The number of aromatic nitrogens is 2. The molecule has 7 nitrogen and oxygen atoms in total. The second-order valence-electron chi connectivity index (χ2n) is 6.74. The van der Waals surface area contributed by atoms with E-state index >= 15 is 0 Å². The predicted molar refractivity (Wildman–Crippen MR) is 94.1 cm³/mol. The lowest BCUT2D eigenvalue weighted by Crippen LogP contribution is -2.34. The average Bonchev–Trinajstić information content (AvgIpc) is 3.24. The molecule has 1 unspecified atom stereocenters. The summed E-state index contributed by atoms with van der Waals surface area (Å²) in [5.41, 5.74) is 6.50. The molecule has 0 radical (unpaired) electrons. The van der Waals surface area contributed by atoms with Crippen molar-refractivity contribution < 1.29 is 12.9 Å². The van der Waals surface area contributed by atoms with Gasteiger partial charge in [0.2, 0.25) is 10.0 Å². The van der Waals surface area contributed by atoms with E-state index in [4.69, 9.17) is 10.3 Å². The van der Waals surface area contributed by atoms with Crippen molar-refractivity contribution in [1.29, 1.82) is 0 Å². The molecule has 0 saturated heterocycles. The Kier molecular flexibility index (Phi) is 4.95. The highest BCUT2D eigenvalue weighted by Crippen LogP contribution is 2.35. The van der Waals surface area contributed by atoms with Crippen molar-refractivity contribution in [2.24, 2.45) is 5.73 Å². The number of sulfonamides is 1. The van der Waals surface area contributed by atoms with Crippen molar-refractivity contribution in [3.05, 3.63) is 30.1 Å². The molecule has 25 heavy (non-hydrogen) atoms. The number of hydrogen-bond acceptors (Lipinski definition) is 6. The van der Waals surface area contributed by atoms with Crippen LogP contribution in [0.4, 0.5) is 0 Å². The molecule has 8 heteroatoms. The Balaban J connectivity index is 1.80. The lowest BCUT2D eigenvalue weighted by molar-refractivity contribution is 0.372. The van der Waals surface area contributed by atoms with Crippen LogP contribution >= 0.6 is 0 Å². The van der Waals surface area contributed by atoms with Crippen LogP contribution in [-0.4, -0.2) is 24.6 Å². The fraction of sp³-hybridized carbons (Fsp3) is 0.529. The first-order chi connectivity index (χ1) is 11.8. The van der Waals surface area contributed by atoms with Crippen LogP contribution < -0.4 is 10.5 Å². The third kappa shape index (κ3) is 3.75. The summed E-state index contributed by atoms with van der Waals surface area (Å²) in [6.45, 7) is 3.76. The van der Waals surface area contributed by atoms with Gasteiger partial charge < -0.3 is 10.3 Å². The molecule has 1 aliphatic rings. The summed E-state index contributed by atoms with van der Waals surface area (Å²) in [7, 11) is -3.52. The zero-order chi connectivity index (χ0) is 18.1. The highest BCUT2D eigenvalue weighted by molar-refractivity contribution is 7.89. The molecule has 3 rings (SSSR count). The van der Waals surface area contributed by atoms with Gasteiger partial charge in [-0.05, 0) is 50.5 Å². The van der Waals surface area contributed by atoms with Gasteiger partial charge in [-0.15, -0.1) is 0 Å². The Morgan fingerprint density at radius 2 is 1.92 bits per heavy atom.